The molecule has 2 aliphatic rings. The van der Waals surface area contributed by atoms with Crippen LogP contribution in [0.1, 0.15) is 65.7 Å². The lowest BCUT2D eigenvalue weighted by atomic mass is 9.88. The quantitative estimate of drug-likeness (QED) is 0.829. The van der Waals surface area contributed by atoms with Gasteiger partial charge in [-0.1, -0.05) is 46.5 Å². The van der Waals surface area contributed by atoms with Crippen LogP contribution in [0.3, 0.4) is 0 Å². The molecule has 19 heavy (non-hydrogen) atoms. The maximum absolute atomic E-state index is 12.6. The fraction of sp³-hybridized carbons (Fsp3) is 0.938. The zero-order chi connectivity index (χ0) is 13.8. The van der Waals surface area contributed by atoms with E-state index in [-0.39, 0.29) is 12.2 Å². The van der Waals surface area contributed by atoms with Crippen LogP contribution in [0.25, 0.3) is 0 Å². The highest BCUT2D eigenvalue weighted by atomic mass is 16.2. The predicted molar refractivity (Wildman–Crippen MR) is 78.7 cm³/mol. The minimum atomic E-state index is 0.0542. The molecule has 1 amide bonds. The molecule has 1 heterocycles. The molecule has 0 aromatic rings. The standard InChI is InChI=1S/C16H30N2O/c1-4-12(3)15-16(19)18(14(5-2)17-15)11-13-9-7-6-8-10-13/h12-15,17H,4-11H2,1-3H3. The summed E-state index contributed by atoms with van der Waals surface area (Å²) in [6, 6.07) is 0.0542. The molecule has 1 aliphatic heterocycles. The van der Waals surface area contributed by atoms with Gasteiger partial charge in [0.1, 0.15) is 0 Å². The Hall–Kier alpha value is -0.570. The average Bonchev–Trinajstić information content (AvgIpc) is 2.76. The Morgan fingerprint density at radius 2 is 1.95 bits per heavy atom. The van der Waals surface area contributed by atoms with Crippen molar-refractivity contribution in [2.75, 3.05) is 6.54 Å². The number of rotatable bonds is 5. The van der Waals surface area contributed by atoms with E-state index in [0.29, 0.717) is 11.8 Å². The highest BCUT2D eigenvalue weighted by Crippen LogP contribution is 2.28. The number of amides is 1. The van der Waals surface area contributed by atoms with Gasteiger partial charge in [0.15, 0.2) is 0 Å². The molecular weight excluding hydrogens is 236 g/mol. The monoisotopic (exact) mass is 266 g/mol. The highest BCUT2D eigenvalue weighted by Gasteiger charge is 2.40. The van der Waals surface area contributed by atoms with Crippen molar-refractivity contribution < 1.29 is 4.79 Å². The Labute approximate surface area is 118 Å². The second kappa shape index (κ2) is 6.74. The molecule has 1 N–H and O–H groups in total. The van der Waals surface area contributed by atoms with E-state index in [2.05, 4.69) is 31.0 Å². The van der Waals surface area contributed by atoms with E-state index in [1.807, 2.05) is 0 Å². The summed E-state index contributed by atoms with van der Waals surface area (Å²) in [7, 11) is 0. The van der Waals surface area contributed by atoms with Gasteiger partial charge in [0.25, 0.3) is 0 Å². The van der Waals surface area contributed by atoms with Crippen LogP contribution in [-0.4, -0.2) is 29.6 Å². The molecule has 3 unspecified atom stereocenters. The molecule has 0 radical (unpaired) electrons. The molecule has 1 aliphatic carbocycles. The van der Waals surface area contributed by atoms with Crippen molar-refractivity contribution in [3.05, 3.63) is 0 Å². The van der Waals surface area contributed by atoms with E-state index in [1.165, 1.54) is 32.1 Å². The van der Waals surface area contributed by atoms with Gasteiger partial charge in [-0.3, -0.25) is 10.1 Å². The molecule has 3 nitrogen and oxygen atoms in total. The summed E-state index contributed by atoms with van der Waals surface area (Å²) in [4.78, 5) is 14.8. The first-order chi connectivity index (χ1) is 9.17. The van der Waals surface area contributed by atoms with Crippen molar-refractivity contribution in [3.63, 3.8) is 0 Å². The molecule has 110 valence electrons. The summed E-state index contributed by atoms with van der Waals surface area (Å²) in [6.45, 7) is 7.52. The first kappa shape index (κ1) is 14.8. The number of carbonyl (C=O) groups is 1. The third-order valence-corrected chi connectivity index (χ3v) is 5.08. The zero-order valence-electron chi connectivity index (χ0n) is 12.8. The number of hydrogen-bond donors (Lipinski definition) is 1. The van der Waals surface area contributed by atoms with E-state index < -0.39 is 0 Å². The van der Waals surface area contributed by atoms with Crippen molar-refractivity contribution in [3.8, 4) is 0 Å². The van der Waals surface area contributed by atoms with Gasteiger partial charge in [-0.25, -0.2) is 0 Å². The minimum Gasteiger partial charge on any atom is -0.326 e. The molecule has 2 fully saturated rings. The van der Waals surface area contributed by atoms with Crippen LogP contribution in [0, 0.1) is 11.8 Å². The predicted octanol–water partition coefficient (Wildman–Crippen LogP) is 3.15. The van der Waals surface area contributed by atoms with Gasteiger partial charge in [0, 0.05) is 6.54 Å². The third-order valence-electron chi connectivity index (χ3n) is 5.08. The maximum Gasteiger partial charge on any atom is 0.241 e. The molecule has 1 saturated heterocycles. The molecule has 3 heteroatoms. The van der Waals surface area contributed by atoms with Crippen LogP contribution in [0.5, 0.6) is 0 Å². The molecule has 3 atom stereocenters. The second-order valence-electron chi connectivity index (χ2n) is 6.45. The van der Waals surface area contributed by atoms with Crippen molar-refractivity contribution in [1.82, 2.24) is 10.2 Å². The molecule has 2 rings (SSSR count). The van der Waals surface area contributed by atoms with E-state index in [9.17, 15) is 4.79 Å². The molecule has 0 aromatic carbocycles. The van der Waals surface area contributed by atoms with Gasteiger partial charge >= 0.3 is 0 Å². The van der Waals surface area contributed by atoms with Gasteiger partial charge in [0.2, 0.25) is 5.91 Å². The smallest absolute Gasteiger partial charge is 0.241 e. The lowest BCUT2D eigenvalue weighted by molar-refractivity contribution is -0.131. The summed E-state index contributed by atoms with van der Waals surface area (Å²) in [6.07, 6.45) is 9.08. The van der Waals surface area contributed by atoms with Gasteiger partial charge in [0.05, 0.1) is 12.2 Å². The fourth-order valence-corrected chi connectivity index (χ4v) is 3.55. The number of nitrogens with zero attached hydrogens (tertiary/aromatic N) is 1. The summed E-state index contributed by atoms with van der Waals surface area (Å²) >= 11 is 0. The van der Waals surface area contributed by atoms with Gasteiger partial charge in [-0.05, 0) is 31.1 Å². The molecule has 0 aromatic heterocycles. The maximum atomic E-state index is 12.6. The largest absolute Gasteiger partial charge is 0.326 e. The Morgan fingerprint density at radius 3 is 2.53 bits per heavy atom. The van der Waals surface area contributed by atoms with E-state index in [4.69, 9.17) is 0 Å². The highest BCUT2D eigenvalue weighted by molar-refractivity contribution is 5.84. The van der Waals surface area contributed by atoms with Crippen molar-refractivity contribution in [1.29, 1.82) is 0 Å². The normalized spacial score (nSPS) is 30.9. The van der Waals surface area contributed by atoms with Crippen LogP contribution in [-0.2, 0) is 4.79 Å². The van der Waals surface area contributed by atoms with Crippen LogP contribution < -0.4 is 5.32 Å². The van der Waals surface area contributed by atoms with Crippen LogP contribution in [0.4, 0.5) is 0 Å². The topological polar surface area (TPSA) is 32.3 Å². The minimum absolute atomic E-state index is 0.0542. The van der Waals surface area contributed by atoms with E-state index in [1.54, 1.807) is 0 Å². The lowest BCUT2D eigenvalue weighted by Gasteiger charge is -2.30. The van der Waals surface area contributed by atoms with Gasteiger partial charge in [-0.15, -0.1) is 0 Å². The van der Waals surface area contributed by atoms with Crippen LogP contribution >= 0.6 is 0 Å². The Kier molecular flexibility index (Phi) is 5.26. The average molecular weight is 266 g/mol. The first-order valence-corrected chi connectivity index (χ1v) is 8.23. The lowest BCUT2D eigenvalue weighted by Crippen LogP contribution is -2.40. The van der Waals surface area contributed by atoms with Crippen molar-refractivity contribution in [2.24, 2.45) is 11.8 Å². The van der Waals surface area contributed by atoms with Crippen LogP contribution in [0.15, 0.2) is 0 Å². The summed E-state index contributed by atoms with van der Waals surface area (Å²) in [5, 5.41) is 3.56. The molecular formula is C16H30N2O. The molecule has 0 spiro atoms. The summed E-state index contributed by atoms with van der Waals surface area (Å²) in [5.41, 5.74) is 0. The number of hydrogen-bond acceptors (Lipinski definition) is 2. The van der Waals surface area contributed by atoms with E-state index in [0.717, 1.165) is 25.3 Å². The van der Waals surface area contributed by atoms with Gasteiger partial charge in [-0.2, -0.15) is 0 Å². The fourth-order valence-electron chi connectivity index (χ4n) is 3.55. The Balaban J connectivity index is 1.98. The van der Waals surface area contributed by atoms with Crippen molar-refractivity contribution >= 4 is 5.91 Å². The molecule has 0 bridgehead atoms. The Bertz CT molecular complexity index is 299. The third kappa shape index (κ3) is 3.31. The number of carbonyl (C=O) groups excluding carboxylic acids is 1. The summed E-state index contributed by atoms with van der Waals surface area (Å²) in [5.74, 6) is 1.54. The first-order valence-electron chi connectivity index (χ1n) is 8.23. The Morgan fingerprint density at radius 1 is 1.26 bits per heavy atom. The van der Waals surface area contributed by atoms with Crippen molar-refractivity contribution in [2.45, 2.75) is 77.9 Å². The van der Waals surface area contributed by atoms with Crippen LogP contribution in [0.2, 0.25) is 0 Å². The SMILES string of the molecule is CCC(C)C1NC(CC)N(CC2CCCCC2)C1=O. The zero-order valence-corrected chi connectivity index (χ0v) is 12.8. The van der Waals surface area contributed by atoms with E-state index >= 15 is 0 Å². The second-order valence-corrected chi connectivity index (χ2v) is 6.45. The number of nitrogens with one attached hydrogen (secondary N) is 1. The summed E-state index contributed by atoms with van der Waals surface area (Å²) < 4.78 is 0. The van der Waals surface area contributed by atoms with Gasteiger partial charge < -0.3 is 4.90 Å². The molecule has 1 saturated carbocycles.